The maximum absolute atomic E-state index is 12.6. The third-order valence-electron chi connectivity index (χ3n) is 4.49. The van der Waals surface area contributed by atoms with Crippen molar-refractivity contribution < 1.29 is 24.2 Å². The number of amides is 3. The van der Waals surface area contributed by atoms with Gasteiger partial charge in [-0.05, 0) is 27.7 Å². The highest BCUT2D eigenvalue weighted by Gasteiger charge is 2.51. The molecule has 0 saturated carbocycles. The highest BCUT2D eigenvalue weighted by Crippen LogP contribution is 2.32. The van der Waals surface area contributed by atoms with Crippen LogP contribution in [0.3, 0.4) is 0 Å². The number of piperazine rings is 1. The first-order valence-corrected chi connectivity index (χ1v) is 7.82. The fourth-order valence-corrected chi connectivity index (χ4v) is 3.33. The lowest BCUT2D eigenvalue weighted by Gasteiger charge is -2.42. The van der Waals surface area contributed by atoms with Crippen molar-refractivity contribution in [2.75, 3.05) is 39.3 Å². The second-order valence-electron chi connectivity index (χ2n) is 7.10. The number of rotatable bonds is 4. The van der Waals surface area contributed by atoms with Crippen LogP contribution in [0.2, 0.25) is 0 Å². The Morgan fingerprint density at radius 3 is 2.52 bits per heavy atom. The Kier molecular flexibility index (Phi) is 4.45. The first kappa shape index (κ1) is 17.4. The van der Waals surface area contributed by atoms with Crippen molar-refractivity contribution in [2.45, 2.75) is 33.2 Å². The zero-order valence-electron chi connectivity index (χ0n) is 14.2. The monoisotopic (exact) mass is 327 g/mol. The van der Waals surface area contributed by atoms with E-state index < -0.39 is 17.0 Å². The second kappa shape index (κ2) is 5.90. The topological polar surface area (TPSA) is 90.4 Å². The SMILES string of the molecule is CCOC(=O)C(C)(C)CN1CC2(C)CN(C(=O)O)CCN2C1=O. The quantitative estimate of drug-likeness (QED) is 0.780. The summed E-state index contributed by atoms with van der Waals surface area (Å²) in [5, 5.41) is 9.17. The van der Waals surface area contributed by atoms with Crippen molar-refractivity contribution in [1.29, 1.82) is 0 Å². The van der Waals surface area contributed by atoms with Gasteiger partial charge in [0.15, 0.2) is 0 Å². The summed E-state index contributed by atoms with van der Waals surface area (Å²) >= 11 is 0. The highest BCUT2D eigenvalue weighted by atomic mass is 16.5. The Morgan fingerprint density at radius 1 is 1.30 bits per heavy atom. The fraction of sp³-hybridized carbons (Fsp3) is 0.800. The summed E-state index contributed by atoms with van der Waals surface area (Å²) < 4.78 is 5.07. The molecule has 2 aliphatic rings. The van der Waals surface area contributed by atoms with Gasteiger partial charge in [0.25, 0.3) is 0 Å². The molecule has 0 aromatic carbocycles. The highest BCUT2D eigenvalue weighted by molar-refractivity contribution is 5.81. The first-order chi connectivity index (χ1) is 10.6. The molecule has 0 bridgehead atoms. The lowest BCUT2D eigenvalue weighted by molar-refractivity contribution is -0.154. The third-order valence-corrected chi connectivity index (χ3v) is 4.49. The summed E-state index contributed by atoms with van der Waals surface area (Å²) in [6.07, 6.45) is -0.969. The molecule has 2 fully saturated rings. The van der Waals surface area contributed by atoms with Gasteiger partial charge < -0.3 is 24.5 Å². The first-order valence-electron chi connectivity index (χ1n) is 7.82. The Morgan fingerprint density at radius 2 is 1.96 bits per heavy atom. The minimum atomic E-state index is -0.969. The van der Waals surface area contributed by atoms with Crippen LogP contribution < -0.4 is 0 Å². The fourth-order valence-electron chi connectivity index (χ4n) is 3.33. The van der Waals surface area contributed by atoms with E-state index >= 15 is 0 Å². The molecule has 0 aliphatic carbocycles. The van der Waals surface area contributed by atoms with E-state index in [-0.39, 0.29) is 25.1 Å². The van der Waals surface area contributed by atoms with Crippen LogP contribution in [0.25, 0.3) is 0 Å². The van der Waals surface area contributed by atoms with Crippen LogP contribution in [0.15, 0.2) is 0 Å². The van der Waals surface area contributed by atoms with Crippen LogP contribution in [0.5, 0.6) is 0 Å². The van der Waals surface area contributed by atoms with Crippen molar-refractivity contribution >= 4 is 18.1 Å². The Hall–Kier alpha value is -1.99. The molecule has 0 spiro atoms. The van der Waals surface area contributed by atoms with E-state index in [0.29, 0.717) is 26.2 Å². The molecular formula is C15H25N3O5. The van der Waals surface area contributed by atoms with E-state index in [4.69, 9.17) is 4.74 Å². The summed E-state index contributed by atoms with van der Waals surface area (Å²) in [6, 6.07) is -0.144. The number of hydrogen-bond donors (Lipinski definition) is 1. The van der Waals surface area contributed by atoms with Gasteiger partial charge in [-0.3, -0.25) is 4.79 Å². The summed E-state index contributed by atoms with van der Waals surface area (Å²) in [6.45, 7) is 9.06. The molecule has 1 atom stereocenters. The molecule has 0 aromatic rings. The number of carbonyl (C=O) groups excluding carboxylic acids is 2. The molecule has 1 N–H and O–H groups in total. The second-order valence-corrected chi connectivity index (χ2v) is 7.10. The zero-order valence-corrected chi connectivity index (χ0v) is 14.2. The molecule has 130 valence electrons. The van der Waals surface area contributed by atoms with Gasteiger partial charge in [0.05, 0.1) is 17.6 Å². The largest absolute Gasteiger partial charge is 0.466 e. The lowest BCUT2D eigenvalue weighted by atomic mass is 9.92. The predicted molar refractivity (Wildman–Crippen MR) is 82.1 cm³/mol. The summed E-state index contributed by atoms with van der Waals surface area (Å²) in [4.78, 5) is 40.5. The van der Waals surface area contributed by atoms with Gasteiger partial charge in [-0.25, -0.2) is 9.59 Å². The van der Waals surface area contributed by atoms with E-state index in [1.807, 2.05) is 6.92 Å². The van der Waals surface area contributed by atoms with Crippen LogP contribution in [-0.2, 0) is 9.53 Å². The standard InChI is InChI=1S/C15H25N3O5/c1-5-23-11(19)14(2,3)8-17-10-15(4)9-16(13(21)22)6-7-18(15)12(17)20/h5-10H2,1-4H3,(H,21,22). The molecule has 2 saturated heterocycles. The van der Waals surface area contributed by atoms with Gasteiger partial charge in [-0.2, -0.15) is 0 Å². The van der Waals surface area contributed by atoms with Gasteiger partial charge in [-0.1, -0.05) is 0 Å². The van der Waals surface area contributed by atoms with Crippen molar-refractivity contribution in [3.8, 4) is 0 Å². The normalized spacial score (nSPS) is 24.7. The molecule has 2 heterocycles. The average Bonchev–Trinajstić information content (AvgIpc) is 2.69. The Bertz CT molecular complexity index is 521. The minimum Gasteiger partial charge on any atom is -0.466 e. The van der Waals surface area contributed by atoms with E-state index in [1.165, 1.54) is 4.90 Å². The lowest BCUT2D eigenvalue weighted by Crippen LogP contribution is -2.60. The molecule has 8 heteroatoms. The number of urea groups is 1. The van der Waals surface area contributed by atoms with Crippen LogP contribution >= 0.6 is 0 Å². The van der Waals surface area contributed by atoms with Gasteiger partial charge in [0.2, 0.25) is 0 Å². The van der Waals surface area contributed by atoms with Gasteiger partial charge in [0.1, 0.15) is 0 Å². The third kappa shape index (κ3) is 3.20. The molecule has 2 rings (SSSR count). The smallest absolute Gasteiger partial charge is 0.407 e. The van der Waals surface area contributed by atoms with Crippen LogP contribution in [0.1, 0.15) is 27.7 Å². The molecule has 8 nitrogen and oxygen atoms in total. The number of carboxylic acid groups (broad SMARTS) is 1. The number of nitrogens with zero attached hydrogens (tertiary/aromatic N) is 3. The van der Waals surface area contributed by atoms with Gasteiger partial charge in [0, 0.05) is 32.7 Å². The molecule has 23 heavy (non-hydrogen) atoms. The summed E-state index contributed by atoms with van der Waals surface area (Å²) in [7, 11) is 0. The van der Waals surface area contributed by atoms with E-state index in [9.17, 15) is 19.5 Å². The van der Waals surface area contributed by atoms with E-state index in [0.717, 1.165) is 0 Å². The number of hydrogen-bond acceptors (Lipinski definition) is 4. The van der Waals surface area contributed by atoms with Gasteiger partial charge in [-0.15, -0.1) is 0 Å². The maximum atomic E-state index is 12.6. The number of fused-ring (bicyclic) bond motifs is 1. The molecular weight excluding hydrogens is 302 g/mol. The summed E-state index contributed by atoms with van der Waals surface area (Å²) in [5.41, 5.74) is -1.36. The molecule has 2 aliphatic heterocycles. The van der Waals surface area contributed by atoms with E-state index in [1.54, 1.807) is 30.6 Å². The Balaban J connectivity index is 2.11. The molecule has 1 unspecified atom stereocenters. The minimum absolute atomic E-state index is 0.144. The van der Waals surface area contributed by atoms with Crippen molar-refractivity contribution in [1.82, 2.24) is 14.7 Å². The van der Waals surface area contributed by atoms with E-state index in [2.05, 4.69) is 0 Å². The molecule has 0 aromatic heterocycles. The average molecular weight is 327 g/mol. The predicted octanol–water partition coefficient (Wildman–Crippen LogP) is 1.07. The number of carbonyl (C=O) groups is 3. The van der Waals surface area contributed by atoms with Gasteiger partial charge >= 0.3 is 18.1 Å². The number of esters is 1. The maximum Gasteiger partial charge on any atom is 0.407 e. The number of ether oxygens (including phenoxy) is 1. The summed E-state index contributed by atoms with van der Waals surface area (Å²) in [5.74, 6) is -0.338. The van der Waals surface area contributed by atoms with Crippen LogP contribution in [0.4, 0.5) is 9.59 Å². The van der Waals surface area contributed by atoms with Crippen LogP contribution in [-0.4, -0.2) is 82.8 Å². The Labute approximate surface area is 136 Å². The zero-order chi connectivity index (χ0) is 17.4. The van der Waals surface area contributed by atoms with Crippen molar-refractivity contribution in [2.24, 2.45) is 5.41 Å². The molecule has 3 amide bonds. The molecule has 0 radical (unpaired) electrons. The van der Waals surface area contributed by atoms with Crippen LogP contribution in [0, 0.1) is 5.41 Å². The van der Waals surface area contributed by atoms with Crippen molar-refractivity contribution in [3.05, 3.63) is 0 Å². The van der Waals surface area contributed by atoms with Crippen molar-refractivity contribution in [3.63, 3.8) is 0 Å².